The molecule has 0 unspecified atom stereocenters. The number of carbonyl (C=O) groups is 2. The normalized spacial score (nSPS) is 16.8. The summed E-state index contributed by atoms with van der Waals surface area (Å²) in [7, 11) is 1.67. The van der Waals surface area contributed by atoms with E-state index in [1.165, 1.54) is 12.1 Å². The van der Waals surface area contributed by atoms with Gasteiger partial charge in [0.25, 0.3) is 0 Å². The lowest BCUT2D eigenvalue weighted by Gasteiger charge is -2.39. The van der Waals surface area contributed by atoms with Crippen LogP contribution in [0.1, 0.15) is 31.2 Å². The largest absolute Gasteiger partial charge is 0.481 e. The fraction of sp³-hybridized carbons (Fsp3) is 0.529. The van der Waals surface area contributed by atoms with E-state index < -0.39 is 11.4 Å². The van der Waals surface area contributed by atoms with Gasteiger partial charge in [-0.15, -0.1) is 0 Å². The maximum atomic E-state index is 13.6. The standard InChI is InChI=1S/C17H22FNO4/c1-19(9-3-6-15(20)21)16(22)17(7-10-23-11-8-17)13-4-2-5-14(18)12-13/h2,4-5,12H,3,6-11H2,1H3,(H,20,21). The second-order valence-electron chi connectivity index (χ2n) is 5.93. The Morgan fingerprint density at radius 3 is 2.65 bits per heavy atom. The number of carboxylic acid groups (broad SMARTS) is 1. The second kappa shape index (κ2) is 7.55. The third-order valence-corrected chi connectivity index (χ3v) is 4.36. The van der Waals surface area contributed by atoms with Crippen LogP contribution in [0.25, 0.3) is 0 Å². The van der Waals surface area contributed by atoms with E-state index >= 15 is 0 Å². The summed E-state index contributed by atoms with van der Waals surface area (Å²) in [5, 5.41) is 8.71. The van der Waals surface area contributed by atoms with Crippen molar-refractivity contribution in [3.63, 3.8) is 0 Å². The molecule has 1 aromatic carbocycles. The Kier molecular flexibility index (Phi) is 5.71. The van der Waals surface area contributed by atoms with E-state index in [2.05, 4.69) is 0 Å². The van der Waals surface area contributed by atoms with Gasteiger partial charge in [-0.1, -0.05) is 12.1 Å². The van der Waals surface area contributed by atoms with Gasteiger partial charge in [0.15, 0.2) is 0 Å². The molecule has 1 heterocycles. The highest BCUT2D eigenvalue weighted by Crippen LogP contribution is 2.37. The quantitative estimate of drug-likeness (QED) is 0.871. The van der Waals surface area contributed by atoms with Crippen molar-refractivity contribution in [3.05, 3.63) is 35.6 Å². The van der Waals surface area contributed by atoms with Crippen LogP contribution in [0.4, 0.5) is 4.39 Å². The molecule has 1 aliphatic heterocycles. The molecule has 0 aliphatic carbocycles. The first-order valence-electron chi connectivity index (χ1n) is 7.77. The molecule has 2 rings (SSSR count). The Hall–Kier alpha value is -1.95. The molecule has 6 heteroatoms. The zero-order valence-corrected chi connectivity index (χ0v) is 13.3. The highest BCUT2D eigenvalue weighted by molar-refractivity contribution is 5.88. The van der Waals surface area contributed by atoms with Crippen molar-refractivity contribution in [1.82, 2.24) is 4.90 Å². The molecule has 1 fully saturated rings. The highest BCUT2D eigenvalue weighted by atomic mass is 19.1. The van der Waals surface area contributed by atoms with Gasteiger partial charge in [0, 0.05) is 33.2 Å². The lowest BCUT2D eigenvalue weighted by atomic mass is 9.73. The SMILES string of the molecule is CN(CCCC(=O)O)C(=O)C1(c2cccc(F)c2)CCOCC1. The number of likely N-dealkylation sites (N-methyl/N-ethyl adjacent to an activating group) is 1. The van der Waals surface area contributed by atoms with Crippen LogP contribution in [0.5, 0.6) is 0 Å². The molecule has 0 radical (unpaired) electrons. The first kappa shape index (κ1) is 17.4. The Bertz CT molecular complexity index is 569. The molecule has 0 aromatic heterocycles. The molecule has 0 spiro atoms. The van der Waals surface area contributed by atoms with Crippen molar-refractivity contribution >= 4 is 11.9 Å². The number of nitrogens with zero attached hydrogens (tertiary/aromatic N) is 1. The summed E-state index contributed by atoms with van der Waals surface area (Å²) < 4.78 is 19.0. The number of aliphatic carboxylic acids is 1. The lowest BCUT2D eigenvalue weighted by Crippen LogP contribution is -2.49. The van der Waals surface area contributed by atoms with E-state index in [4.69, 9.17) is 9.84 Å². The van der Waals surface area contributed by atoms with Gasteiger partial charge in [-0.05, 0) is 37.0 Å². The molecule has 1 aromatic rings. The predicted octanol–water partition coefficient (Wildman–Crippen LogP) is 2.20. The van der Waals surface area contributed by atoms with Gasteiger partial charge < -0.3 is 14.7 Å². The third kappa shape index (κ3) is 4.07. The van der Waals surface area contributed by atoms with Gasteiger partial charge >= 0.3 is 5.97 Å². The van der Waals surface area contributed by atoms with Crippen molar-refractivity contribution < 1.29 is 23.8 Å². The first-order chi connectivity index (χ1) is 11.0. The smallest absolute Gasteiger partial charge is 0.303 e. The van der Waals surface area contributed by atoms with E-state index in [-0.39, 0.29) is 18.1 Å². The number of rotatable bonds is 6. The van der Waals surface area contributed by atoms with Crippen LogP contribution in [0.15, 0.2) is 24.3 Å². The van der Waals surface area contributed by atoms with Crippen molar-refractivity contribution in [3.8, 4) is 0 Å². The van der Waals surface area contributed by atoms with E-state index in [1.54, 1.807) is 24.1 Å². The average molecular weight is 323 g/mol. The van der Waals surface area contributed by atoms with Crippen LogP contribution in [-0.4, -0.2) is 48.7 Å². The Morgan fingerprint density at radius 2 is 2.04 bits per heavy atom. The number of carboxylic acids is 1. The minimum absolute atomic E-state index is 0.0215. The minimum atomic E-state index is -0.878. The number of ether oxygens (including phenoxy) is 1. The fourth-order valence-corrected chi connectivity index (χ4v) is 3.07. The molecule has 0 bridgehead atoms. The summed E-state index contributed by atoms with van der Waals surface area (Å²) >= 11 is 0. The van der Waals surface area contributed by atoms with Crippen LogP contribution in [0.3, 0.4) is 0 Å². The minimum Gasteiger partial charge on any atom is -0.481 e. The maximum Gasteiger partial charge on any atom is 0.303 e. The monoisotopic (exact) mass is 323 g/mol. The number of amides is 1. The molecule has 1 amide bonds. The zero-order chi connectivity index (χ0) is 16.9. The third-order valence-electron chi connectivity index (χ3n) is 4.36. The summed E-state index contributed by atoms with van der Waals surface area (Å²) in [6.45, 7) is 1.26. The number of carbonyl (C=O) groups excluding carboxylic acids is 1. The number of hydrogen-bond acceptors (Lipinski definition) is 3. The summed E-state index contributed by atoms with van der Waals surface area (Å²) in [5.41, 5.74) is -0.130. The predicted molar refractivity (Wildman–Crippen MR) is 82.6 cm³/mol. The van der Waals surface area contributed by atoms with Gasteiger partial charge in [-0.2, -0.15) is 0 Å². The van der Waals surface area contributed by atoms with Gasteiger partial charge in [0.1, 0.15) is 5.82 Å². The molecule has 1 aliphatic rings. The van der Waals surface area contributed by atoms with E-state index in [1.807, 2.05) is 0 Å². The van der Waals surface area contributed by atoms with Crippen molar-refractivity contribution in [2.45, 2.75) is 31.1 Å². The molecule has 1 saturated heterocycles. The summed E-state index contributed by atoms with van der Waals surface area (Å²) in [4.78, 5) is 25.2. The van der Waals surface area contributed by atoms with Gasteiger partial charge in [-0.3, -0.25) is 9.59 Å². The summed E-state index contributed by atoms with van der Waals surface area (Å²) in [6, 6.07) is 6.16. The Balaban J connectivity index is 2.20. The van der Waals surface area contributed by atoms with E-state index in [9.17, 15) is 14.0 Å². The number of benzene rings is 1. The van der Waals surface area contributed by atoms with Crippen LogP contribution >= 0.6 is 0 Å². The first-order valence-corrected chi connectivity index (χ1v) is 7.77. The Morgan fingerprint density at radius 1 is 1.35 bits per heavy atom. The van der Waals surface area contributed by atoms with Crippen molar-refractivity contribution in [2.24, 2.45) is 0 Å². The fourth-order valence-electron chi connectivity index (χ4n) is 3.07. The average Bonchev–Trinajstić information content (AvgIpc) is 2.54. The van der Waals surface area contributed by atoms with E-state index in [0.717, 1.165) is 0 Å². The second-order valence-corrected chi connectivity index (χ2v) is 5.93. The summed E-state index contributed by atoms with van der Waals surface area (Å²) in [6.07, 6.45) is 1.41. The topological polar surface area (TPSA) is 66.8 Å². The van der Waals surface area contributed by atoms with E-state index in [0.29, 0.717) is 44.6 Å². The van der Waals surface area contributed by atoms with Gasteiger partial charge in [0.2, 0.25) is 5.91 Å². The molecule has 0 saturated carbocycles. The van der Waals surface area contributed by atoms with Crippen LogP contribution in [0.2, 0.25) is 0 Å². The lowest BCUT2D eigenvalue weighted by molar-refractivity contribution is -0.141. The van der Waals surface area contributed by atoms with Crippen molar-refractivity contribution in [1.29, 1.82) is 0 Å². The summed E-state index contributed by atoms with van der Waals surface area (Å²) in [5.74, 6) is -1.34. The van der Waals surface area contributed by atoms with Gasteiger partial charge in [-0.25, -0.2) is 4.39 Å². The molecule has 0 atom stereocenters. The number of hydrogen-bond donors (Lipinski definition) is 1. The molecule has 126 valence electrons. The van der Waals surface area contributed by atoms with Crippen LogP contribution in [0, 0.1) is 5.82 Å². The Labute approximate surface area is 135 Å². The van der Waals surface area contributed by atoms with Crippen LogP contribution < -0.4 is 0 Å². The highest BCUT2D eigenvalue weighted by Gasteiger charge is 2.43. The van der Waals surface area contributed by atoms with Crippen molar-refractivity contribution in [2.75, 3.05) is 26.8 Å². The molecular weight excluding hydrogens is 301 g/mol. The molecule has 23 heavy (non-hydrogen) atoms. The molecule has 1 N–H and O–H groups in total. The number of halogens is 1. The zero-order valence-electron chi connectivity index (χ0n) is 13.3. The van der Waals surface area contributed by atoms with Gasteiger partial charge in [0.05, 0.1) is 5.41 Å². The maximum absolute atomic E-state index is 13.6. The molecular formula is C17H22FNO4. The molecule has 5 nitrogen and oxygen atoms in total. The van der Waals surface area contributed by atoms with Crippen LogP contribution in [-0.2, 0) is 19.7 Å².